The molecule has 222 valence electrons. The van der Waals surface area contributed by atoms with Crippen LogP contribution >= 0.6 is 0 Å². The normalized spacial score (nSPS) is 24.8. The highest BCUT2D eigenvalue weighted by molar-refractivity contribution is 5.95. The lowest BCUT2D eigenvalue weighted by Gasteiger charge is -2.57. The van der Waals surface area contributed by atoms with Gasteiger partial charge >= 0.3 is 0 Å². The van der Waals surface area contributed by atoms with Crippen LogP contribution in [-0.4, -0.2) is 30.7 Å². The van der Waals surface area contributed by atoms with Crippen molar-refractivity contribution in [2.75, 3.05) is 19.7 Å². The number of ether oxygens (including phenoxy) is 2. The zero-order chi connectivity index (χ0) is 28.9. The standard InChI is InChI=1S/C36H44N2O4/c37-35(40)32-19-30(8-11-34(32)42-24-26-4-2-1-3-5-26)33(39)23-38-14-12-25-6-9-31(10-7-25)41-15-13-36-20-27-16-28(21-36)18-29(17-27)22-36/h1-11,19,27-29,33,38-39H,12-18,20-24H2,(H2,37,40)/t27?,28?,29?,33-,36?/m0/s1. The number of rotatable bonds is 14. The van der Waals surface area contributed by atoms with Gasteiger partial charge < -0.3 is 25.6 Å². The molecule has 4 fully saturated rings. The van der Waals surface area contributed by atoms with Gasteiger partial charge in [0.1, 0.15) is 18.1 Å². The van der Waals surface area contributed by atoms with Crippen LogP contribution in [0.1, 0.15) is 78.1 Å². The van der Waals surface area contributed by atoms with Crippen LogP contribution in [0.25, 0.3) is 0 Å². The fourth-order valence-corrected chi connectivity index (χ4v) is 8.13. The zero-order valence-corrected chi connectivity index (χ0v) is 24.5. The number of carbonyl (C=O) groups excluding carboxylic acids is 1. The molecule has 4 aliphatic rings. The predicted molar refractivity (Wildman–Crippen MR) is 164 cm³/mol. The second-order valence-corrected chi connectivity index (χ2v) is 13.0. The Bertz CT molecular complexity index is 1300. The second-order valence-electron chi connectivity index (χ2n) is 13.0. The molecule has 1 atom stereocenters. The van der Waals surface area contributed by atoms with E-state index >= 15 is 0 Å². The lowest BCUT2D eigenvalue weighted by Crippen LogP contribution is -2.46. The van der Waals surface area contributed by atoms with Gasteiger partial charge in [0.25, 0.3) is 5.91 Å². The summed E-state index contributed by atoms with van der Waals surface area (Å²) in [6.45, 7) is 2.25. The first-order chi connectivity index (χ1) is 20.4. The van der Waals surface area contributed by atoms with E-state index in [-0.39, 0.29) is 5.56 Å². The Hall–Kier alpha value is -3.35. The fourth-order valence-electron chi connectivity index (χ4n) is 8.13. The molecule has 0 spiro atoms. The van der Waals surface area contributed by atoms with Gasteiger partial charge in [-0.15, -0.1) is 0 Å². The quantitative estimate of drug-likeness (QED) is 0.201. The number of nitrogens with one attached hydrogen (secondary N) is 1. The van der Waals surface area contributed by atoms with E-state index < -0.39 is 12.0 Å². The van der Waals surface area contributed by atoms with Crippen molar-refractivity contribution in [3.05, 3.63) is 95.1 Å². The minimum Gasteiger partial charge on any atom is -0.494 e. The third-order valence-electron chi connectivity index (χ3n) is 9.81. The van der Waals surface area contributed by atoms with Gasteiger partial charge in [0.05, 0.1) is 18.3 Å². The van der Waals surface area contributed by atoms with E-state index in [0.717, 1.165) is 48.6 Å². The first kappa shape index (κ1) is 28.8. The Morgan fingerprint density at radius 3 is 2.26 bits per heavy atom. The molecule has 3 aromatic rings. The Morgan fingerprint density at radius 2 is 1.60 bits per heavy atom. The molecule has 7 rings (SSSR count). The van der Waals surface area contributed by atoms with Gasteiger partial charge in [0.2, 0.25) is 0 Å². The van der Waals surface area contributed by atoms with Crippen molar-refractivity contribution in [2.24, 2.45) is 28.9 Å². The maximum absolute atomic E-state index is 12.1. The number of hydrogen-bond acceptors (Lipinski definition) is 5. The van der Waals surface area contributed by atoms with Gasteiger partial charge in [-0.1, -0.05) is 48.5 Å². The summed E-state index contributed by atoms with van der Waals surface area (Å²) in [5, 5.41) is 14.1. The van der Waals surface area contributed by atoms with Crippen LogP contribution in [0.15, 0.2) is 72.8 Å². The molecule has 1 amide bonds. The molecule has 6 heteroatoms. The molecule has 42 heavy (non-hydrogen) atoms. The lowest BCUT2D eigenvalue weighted by molar-refractivity contribution is -0.0622. The van der Waals surface area contributed by atoms with Crippen molar-refractivity contribution in [3.63, 3.8) is 0 Å². The van der Waals surface area contributed by atoms with Crippen molar-refractivity contribution in [1.29, 1.82) is 0 Å². The minimum atomic E-state index is -0.768. The number of benzene rings is 3. The molecule has 0 saturated heterocycles. The highest BCUT2D eigenvalue weighted by Gasteiger charge is 2.50. The van der Waals surface area contributed by atoms with Crippen molar-refractivity contribution in [1.82, 2.24) is 5.32 Å². The van der Waals surface area contributed by atoms with Crippen LogP contribution < -0.4 is 20.5 Å². The summed E-state index contributed by atoms with van der Waals surface area (Å²) in [4.78, 5) is 12.1. The average Bonchev–Trinajstić information content (AvgIpc) is 2.98. The van der Waals surface area contributed by atoms with E-state index in [1.807, 2.05) is 30.3 Å². The van der Waals surface area contributed by atoms with Crippen LogP contribution in [-0.2, 0) is 13.0 Å². The van der Waals surface area contributed by atoms with E-state index in [2.05, 4.69) is 29.6 Å². The summed E-state index contributed by atoms with van der Waals surface area (Å²) < 4.78 is 12.0. The van der Waals surface area contributed by atoms with E-state index in [0.29, 0.717) is 29.9 Å². The van der Waals surface area contributed by atoms with Crippen molar-refractivity contribution < 1.29 is 19.4 Å². The Kier molecular flexibility index (Phi) is 8.82. The molecule has 6 nitrogen and oxygen atoms in total. The summed E-state index contributed by atoms with van der Waals surface area (Å²) >= 11 is 0. The highest BCUT2D eigenvalue weighted by Crippen LogP contribution is 2.61. The van der Waals surface area contributed by atoms with Gasteiger partial charge in [-0.05, 0) is 122 Å². The van der Waals surface area contributed by atoms with Crippen LogP contribution in [0.5, 0.6) is 11.5 Å². The number of aliphatic hydroxyl groups excluding tert-OH is 1. The van der Waals surface area contributed by atoms with Gasteiger partial charge in [-0.25, -0.2) is 0 Å². The number of nitrogens with two attached hydrogens (primary N) is 1. The third-order valence-corrected chi connectivity index (χ3v) is 9.81. The van der Waals surface area contributed by atoms with Gasteiger partial charge in [0.15, 0.2) is 0 Å². The molecule has 0 aliphatic heterocycles. The predicted octanol–water partition coefficient (Wildman–Crippen LogP) is 6.22. The van der Waals surface area contributed by atoms with Gasteiger partial charge in [-0.2, -0.15) is 0 Å². The topological polar surface area (TPSA) is 93.8 Å². The molecule has 4 N–H and O–H groups in total. The molecule has 0 aromatic heterocycles. The third kappa shape index (κ3) is 6.99. The van der Waals surface area contributed by atoms with Crippen molar-refractivity contribution in [3.8, 4) is 11.5 Å². The van der Waals surface area contributed by atoms with Gasteiger partial charge in [0, 0.05) is 6.54 Å². The summed E-state index contributed by atoms with van der Waals surface area (Å²) in [5.41, 5.74) is 9.28. The SMILES string of the molecule is NC(=O)c1cc([C@@H](O)CNCCc2ccc(OCCC34CC5CC(CC(C5)C3)C4)cc2)ccc1OCc1ccccc1. The first-order valence-electron chi connectivity index (χ1n) is 15.7. The van der Waals surface area contributed by atoms with Crippen LogP contribution in [0.4, 0.5) is 0 Å². The zero-order valence-electron chi connectivity index (χ0n) is 24.5. The smallest absolute Gasteiger partial charge is 0.252 e. The van der Waals surface area contributed by atoms with Crippen LogP contribution in [0.2, 0.25) is 0 Å². The number of hydrogen-bond donors (Lipinski definition) is 3. The molecule has 0 unspecified atom stereocenters. The molecule has 0 heterocycles. The molecular formula is C36H44N2O4. The highest BCUT2D eigenvalue weighted by atomic mass is 16.5. The second kappa shape index (κ2) is 12.9. The fraction of sp³-hybridized carbons (Fsp3) is 0.472. The molecular weight excluding hydrogens is 524 g/mol. The van der Waals surface area contributed by atoms with Crippen LogP contribution in [0, 0.1) is 23.2 Å². The summed E-state index contributed by atoms with van der Waals surface area (Å²) in [5.74, 6) is 3.75. The van der Waals surface area contributed by atoms with Crippen LogP contribution in [0.3, 0.4) is 0 Å². The lowest BCUT2D eigenvalue weighted by atomic mass is 9.49. The summed E-state index contributed by atoms with van der Waals surface area (Å²) in [6, 6.07) is 23.3. The summed E-state index contributed by atoms with van der Waals surface area (Å²) in [6.07, 6.45) is 10.1. The molecule has 0 radical (unpaired) electrons. The number of aliphatic hydroxyl groups is 1. The molecule has 4 saturated carbocycles. The maximum atomic E-state index is 12.1. The average molecular weight is 569 g/mol. The largest absolute Gasteiger partial charge is 0.494 e. The molecule has 4 aliphatic carbocycles. The number of carbonyl (C=O) groups is 1. The van der Waals surface area contributed by atoms with E-state index in [4.69, 9.17) is 15.2 Å². The monoisotopic (exact) mass is 568 g/mol. The molecule has 4 bridgehead atoms. The Labute approximate surface area is 249 Å². The Morgan fingerprint density at radius 1 is 0.905 bits per heavy atom. The number of primary amides is 1. The van der Waals surface area contributed by atoms with Gasteiger partial charge in [-0.3, -0.25) is 4.79 Å². The van der Waals surface area contributed by atoms with E-state index in [1.165, 1.54) is 50.5 Å². The Balaban J connectivity index is 0.923. The van der Waals surface area contributed by atoms with Crippen molar-refractivity contribution >= 4 is 5.91 Å². The number of amides is 1. The molecule has 3 aromatic carbocycles. The maximum Gasteiger partial charge on any atom is 0.252 e. The minimum absolute atomic E-state index is 0.266. The van der Waals surface area contributed by atoms with Crippen molar-refractivity contribution in [2.45, 2.75) is 64.1 Å². The van der Waals surface area contributed by atoms with E-state index in [1.54, 1.807) is 18.2 Å². The summed E-state index contributed by atoms with van der Waals surface area (Å²) in [7, 11) is 0. The first-order valence-corrected chi connectivity index (χ1v) is 15.7. The van der Waals surface area contributed by atoms with E-state index in [9.17, 15) is 9.90 Å².